The summed E-state index contributed by atoms with van der Waals surface area (Å²) in [6.07, 6.45) is 4.53. The summed E-state index contributed by atoms with van der Waals surface area (Å²) in [4.78, 5) is 22.9. The van der Waals surface area contributed by atoms with E-state index in [1.54, 1.807) is 10.9 Å². The molecule has 2 heterocycles. The van der Waals surface area contributed by atoms with Gasteiger partial charge in [0.25, 0.3) is 0 Å². The van der Waals surface area contributed by atoms with Crippen LogP contribution in [0.2, 0.25) is 0 Å². The van der Waals surface area contributed by atoms with Crippen molar-refractivity contribution in [2.75, 3.05) is 19.8 Å². The number of urea groups is 1. The Kier molecular flexibility index (Phi) is 4.57. The zero-order chi connectivity index (χ0) is 14.4. The molecule has 20 heavy (non-hydrogen) atoms. The van der Waals surface area contributed by atoms with Gasteiger partial charge in [-0.05, 0) is 12.5 Å². The molecule has 1 aromatic rings. The Hall–Kier alpha value is -2.09. The molecule has 0 saturated carbocycles. The van der Waals surface area contributed by atoms with Crippen LogP contribution in [0, 0.1) is 0 Å². The third-order valence-electron chi connectivity index (χ3n) is 3.19. The van der Waals surface area contributed by atoms with Crippen molar-refractivity contribution in [1.82, 2.24) is 20.4 Å². The van der Waals surface area contributed by atoms with Crippen LogP contribution in [0.1, 0.15) is 12.8 Å². The molecule has 1 aliphatic heterocycles. The second-order valence-electron chi connectivity index (χ2n) is 4.69. The minimum Gasteiger partial charge on any atom is -0.479 e. The van der Waals surface area contributed by atoms with E-state index in [4.69, 9.17) is 4.74 Å². The molecule has 1 fully saturated rings. The van der Waals surface area contributed by atoms with Crippen molar-refractivity contribution in [3.8, 4) is 0 Å². The number of aliphatic carboxylic acids is 1. The van der Waals surface area contributed by atoms with E-state index in [2.05, 4.69) is 15.7 Å². The SMILES string of the molecule is O=C(NCCCn1cccn1)NC1(C(=O)O)CCOC1. The van der Waals surface area contributed by atoms with E-state index >= 15 is 0 Å². The smallest absolute Gasteiger partial charge is 0.332 e. The maximum absolute atomic E-state index is 11.7. The summed E-state index contributed by atoms with van der Waals surface area (Å²) >= 11 is 0. The van der Waals surface area contributed by atoms with Crippen LogP contribution in [-0.4, -0.2) is 52.2 Å². The van der Waals surface area contributed by atoms with Crippen LogP contribution in [0.15, 0.2) is 18.5 Å². The highest BCUT2D eigenvalue weighted by Gasteiger charge is 2.43. The van der Waals surface area contributed by atoms with E-state index in [0.717, 1.165) is 0 Å². The fraction of sp³-hybridized carbons (Fsp3) is 0.583. The largest absolute Gasteiger partial charge is 0.479 e. The lowest BCUT2D eigenvalue weighted by Gasteiger charge is -2.23. The first-order valence-corrected chi connectivity index (χ1v) is 6.47. The Bertz CT molecular complexity index is 454. The summed E-state index contributed by atoms with van der Waals surface area (Å²) in [5.74, 6) is -1.07. The van der Waals surface area contributed by atoms with Crippen molar-refractivity contribution in [3.63, 3.8) is 0 Å². The van der Waals surface area contributed by atoms with Gasteiger partial charge in [-0.3, -0.25) is 4.68 Å². The summed E-state index contributed by atoms with van der Waals surface area (Å²) < 4.78 is 6.83. The lowest BCUT2D eigenvalue weighted by molar-refractivity contribution is -0.144. The summed E-state index contributed by atoms with van der Waals surface area (Å²) in [6.45, 7) is 1.48. The summed E-state index contributed by atoms with van der Waals surface area (Å²) in [6, 6.07) is 1.34. The van der Waals surface area contributed by atoms with Crippen LogP contribution in [0.25, 0.3) is 0 Å². The van der Waals surface area contributed by atoms with Gasteiger partial charge >= 0.3 is 12.0 Å². The molecule has 1 atom stereocenters. The average molecular weight is 282 g/mol. The second-order valence-corrected chi connectivity index (χ2v) is 4.69. The van der Waals surface area contributed by atoms with Crippen molar-refractivity contribution < 1.29 is 19.4 Å². The topological polar surface area (TPSA) is 105 Å². The highest BCUT2D eigenvalue weighted by molar-refractivity contribution is 5.86. The average Bonchev–Trinajstić information content (AvgIpc) is 3.06. The Morgan fingerprint density at radius 1 is 1.50 bits per heavy atom. The summed E-state index contributed by atoms with van der Waals surface area (Å²) in [5.41, 5.74) is -1.30. The molecule has 0 bridgehead atoms. The van der Waals surface area contributed by atoms with E-state index in [1.807, 2.05) is 12.3 Å². The maximum atomic E-state index is 11.7. The molecule has 0 aromatic carbocycles. The number of hydrogen-bond acceptors (Lipinski definition) is 4. The Morgan fingerprint density at radius 3 is 2.95 bits per heavy atom. The van der Waals surface area contributed by atoms with Crippen LogP contribution < -0.4 is 10.6 Å². The summed E-state index contributed by atoms with van der Waals surface area (Å²) in [5, 5.41) is 18.3. The monoisotopic (exact) mass is 282 g/mol. The second kappa shape index (κ2) is 6.38. The first-order valence-electron chi connectivity index (χ1n) is 6.47. The number of nitrogens with zero attached hydrogens (tertiary/aromatic N) is 2. The number of aromatic nitrogens is 2. The molecular formula is C12H18N4O4. The van der Waals surface area contributed by atoms with Crippen molar-refractivity contribution in [1.29, 1.82) is 0 Å². The van der Waals surface area contributed by atoms with Crippen LogP contribution in [0.3, 0.4) is 0 Å². The number of carbonyl (C=O) groups excluding carboxylic acids is 1. The number of amides is 2. The van der Waals surface area contributed by atoms with Gasteiger partial charge in [0, 0.05) is 38.5 Å². The molecule has 0 radical (unpaired) electrons. The molecule has 3 N–H and O–H groups in total. The maximum Gasteiger partial charge on any atom is 0.332 e. The van der Waals surface area contributed by atoms with Crippen LogP contribution in [0.5, 0.6) is 0 Å². The van der Waals surface area contributed by atoms with Gasteiger partial charge in [0.15, 0.2) is 5.54 Å². The molecule has 110 valence electrons. The van der Waals surface area contributed by atoms with Gasteiger partial charge < -0.3 is 20.5 Å². The summed E-state index contributed by atoms with van der Waals surface area (Å²) in [7, 11) is 0. The molecule has 2 amide bonds. The lowest BCUT2D eigenvalue weighted by atomic mass is 9.99. The number of ether oxygens (including phenoxy) is 1. The molecule has 8 nitrogen and oxygen atoms in total. The van der Waals surface area contributed by atoms with Crippen LogP contribution >= 0.6 is 0 Å². The van der Waals surface area contributed by atoms with Gasteiger partial charge in [-0.2, -0.15) is 5.10 Å². The molecular weight excluding hydrogens is 264 g/mol. The molecule has 1 saturated heterocycles. The van der Waals surface area contributed by atoms with Gasteiger partial charge in [-0.15, -0.1) is 0 Å². The molecule has 1 aliphatic rings. The molecule has 8 heteroatoms. The number of rotatable bonds is 6. The zero-order valence-electron chi connectivity index (χ0n) is 11.0. The third-order valence-corrected chi connectivity index (χ3v) is 3.19. The normalized spacial score (nSPS) is 21.6. The molecule has 1 aromatic heterocycles. The van der Waals surface area contributed by atoms with Crippen molar-refractivity contribution in [2.45, 2.75) is 24.9 Å². The fourth-order valence-electron chi connectivity index (χ4n) is 2.02. The van der Waals surface area contributed by atoms with Gasteiger partial charge in [-0.25, -0.2) is 9.59 Å². The number of hydrogen-bond donors (Lipinski definition) is 3. The van der Waals surface area contributed by atoms with E-state index < -0.39 is 17.5 Å². The molecule has 2 rings (SSSR count). The van der Waals surface area contributed by atoms with Crippen molar-refractivity contribution in [3.05, 3.63) is 18.5 Å². The predicted molar refractivity (Wildman–Crippen MR) is 69.2 cm³/mol. The van der Waals surface area contributed by atoms with Crippen LogP contribution in [-0.2, 0) is 16.1 Å². The van der Waals surface area contributed by atoms with Gasteiger partial charge in [-0.1, -0.05) is 0 Å². The van der Waals surface area contributed by atoms with Gasteiger partial charge in [0.05, 0.1) is 6.61 Å². The number of carboxylic acid groups (broad SMARTS) is 1. The van der Waals surface area contributed by atoms with E-state index in [1.165, 1.54) is 0 Å². The highest BCUT2D eigenvalue weighted by atomic mass is 16.5. The highest BCUT2D eigenvalue weighted by Crippen LogP contribution is 2.18. The number of carbonyl (C=O) groups is 2. The zero-order valence-corrected chi connectivity index (χ0v) is 11.0. The molecule has 0 aliphatic carbocycles. The number of aryl methyl sites for hydroxylation is 1. The lowest BCUT2D eigenvalue weighted by Crippen LogP contribution is -2.57. The molecule has 0 spiro atoms. The van der Waals surface area contributed by atoms with Crippen molar-refractivity contribution in [2.24, 2.45) is 0 Å². The van der Waals surface area contributed by atoms with E-state index in [0.29, 0.717) is 26.1 Å². The van der Waals surface area contributed by atoms with Crippen molar-refractivity contribution >= 4 is 12.0 Å². The van der Waals surface area contributed by atoms with Gasteiger partial charge in [0.1, 0.15) is 0 Å². The minimum atomic E-state index is -1.30. The van der Waals surface area contributed by atoms with E-state index in [-0.39, 0.29) is 13.0 Å². The van der Waals surface area contributed by atoms with Gasteiger partial charge in [0.2, 0.25) is 0 Å². The van der Waals surface area contributed by atoms with Crippen LogP contribution in [0.4, 0.5) is 4.79 Å². The quantitative estimate of drug-likeness (QED) is 0.627. The fourth-order valence-corrected chi connectivity index (χ4v) is 2.02. The first-order chi connectivity index (χ1) is 9.62. The third kappa shape index (κ3) is 3.47. The first kappa shape index (κ1) is 14.3. The number of carboxylic acids is 1. The Morgan fingerprint density at radius 2 is 2.35 bits per heavy atom. The van der Waals surface area contributed by atoms with E-state index in [9.17, 15) is 14.7 Å². The minimum absolute atomic E-state index is 0.00302. The standard InChI is InChI=1S/C12H18N4O4/c17-10(18)12(3-8-20-9-12)15-11(19)13-4-1-6-16-7-2-5-14-16/h2,5,7H,1,3-4,6,8-9H2,(H,17,18)(H2,13,15,19). The molecule has 1 unspecified atom stereocenters. The predicted octanol–water partition coefficient (Wildman–Crippen LogP) is -0.184. The number of nitrogens with one attached hydrogen (secondary N) is 2. The Balaban J connectivity index is 1.70. The Labute approximate surface area is 116 Å².